The summed E-state index contributed by atoms with van der Waals surface area (Å²) in [6.45, 7) is 2.18. The second-order valence-corrected chi connectivity index (χ2v) is 6.78. The van der Waals surface area contributed by atoms with Crippen LogP contribution < -0.4 is 0 Å². The van der Waals surface area contributed by atoms with Crippen molar-refractivity contribution < 1.29 is 10.2 Å². The second-order valence-electron chi connectivity index (χ2n) is 6.78. The van der Waals surface area contributed by atoms with Gasteiger partial charge in [-0.3, -0.25) is 0 Å². The van der Waals surface area contributed by atoms with Crippen LogP contribution in [0.2, 0.25) is 0 Å². The van der Waals surface area contributed by atoms with E-state index < -0.39 is 5.41 Å². The SMILES string of the molecule is CC(c1ccc(O)cc1)(c1ccc(O)cc1)c1ccc2ccccc2c1. The summed E-state index contributed by atoms with van der Waals surface area (Å²) in [6.07, 6.45) is 0. The van der Waals surface area contributed by atoms with Crippen LogP contribution in [0.1, 0.15) is 23.6 Å². The molecule has 0 aromatic heterocycles. The van der Waals surface area contributed by atoms with Gasteiger partial charge in [-0.15, -0.1) is 0 Å². The number of phenolic OH excluding ortho intramolecular Hbond substituents is 2. The number of fused-ring (bicyclic) bond motifs is 1. The fourth-order valence-electron chi connectivity index (χ4n) is 3.59. The van der Waals surface area contributed by atoms with Crippen LogP contribution in [0.5, 0.6) is 11.5 Å². The summed E-state index contributed by atoms with van der Waals surface area (Å²) in [5, 5.41) is 21.8. The number of hydrogen-bond acceptors (Lipinski definition) is 2. The highest BCUT2D eigenvalue weighted by molar-refractivity contribution is 5.83. The summed E-state index contributed by atoms with van der Waals surface area (Å²) in [5.41, 5.74) is 2.91. The normalized spacial score (nSPS) is 11.6. The summed E-state index contributed by atoms with van der Waals surface area (Å²) in [5.74, 6) is 0.501. The third-order valence-corrected chi connectivity index (χ3v) is 5.22. The van der Waals surface area contributed by atoms with Gasteiger partial charge in [-0.25, -0.2) is 0 Å². The molecule has 0 bridgehead atoms. The number of rotatable bonds is 3. The van der Waals surface area contributed by atoms with Crippen molar-refractivity contribution >= 4 is 10.8 Å². The molecule has 128 valence electrons. The largest absolute Gasteiger partial charge is 0.508 e. The Morgan fingerprint density at radius 1 is 0.538 bits per heavy atom. The number of benzene rings is 4. The zero-order valence-electron chi connectivity index (χ0n) is 14.6. The third-order valence-electron chi connectivity index (χ3n) is 5.22. The van der Waals surface area contributed by atoms with E-state index in [9.17, 15) is 10.2 Å². The van der Waals surface area contributed by atoms with E-state index in [0.717, 1.165) is 16.7 Å². The lowest BCUT2D eigenvalue weighted by Crippen LogP contribution is -2.25. The van der Waals surface area contributed by atoms with Crippen molar-refractivity contribution in [3.63, 3.8) is 0 Å². The van der Waals surface area contributed by atoms with Crippen molar-refractivity contribution in [3.05, 3.63) is 108 Å². The number of hydrogen-bond donors (Lipinski definition) is 2. The maximum Gasteiger partial charge on any atom is 0.115 e. The number of phenols is 2. The van der Waals surface area contributed by atoms with E-state index in [2.05, 4.69) is 37.3 Å². The van der Waals surface area contributed by atoms with Crippen LogP contribution in [0.4, 0.5) is 0 Å². The van der Waals surface area contributed by atoms with Crippen molar-refractivity contribution in [2.24, 2.45) is 0 Å². The monoisotopic (exact) mass is 340 g/mol. The Bertz CT molecular complexity index is 1000. The quantitative estimate of drug-likeness (QED) is 0.476. The van der Waals surface area contributed by atoms with Crippen LogP contribution in [0.25, 0.3) is 10.8 Å². The van der Waals surface area contributed by atoms with Crippen molar-refractivity contribution in [1.82, 2.24) is 0 Å². The standard InChI is InChI=1S/C24H20O2/c1-24(19-8-12-22(25)13-9-19,20-10-14-23(26)15-11-20)21-7-6-17-4-2-3-5-18(17)16-21/h2-16,25-26H,1H3. The average Bonchev–Trinajstić information content (AvgIpc) is 2.68. The highest BCUT2D eigenvalue weighted by Crippen LogP contribution is 2.40. The smallest absolute Gasteiger partial charge is 0.115 e. The van der Waals surface area contributed by atoms with Gasteiger partial charge in [0.25, 0.3) is 0 Å². The van der Waals surface area contributed by atoms with Gasteiger partial charge in [0.2, 0.25) is 0 Å². The summed E-state index contributed by atoms with van der Waals surface area (Å²) >= 11 is 0. The van der Waals surface area contributed by atoms with E-state index in [1.54, 1.807) is 24.3 Å². The first kappa shape index (κ1) is 16.2. The Morgan fingerprint density at radius 2 is 1.00 bits per heavy atom. The molecule has 0 heterocycles. The Kier molecular flexibility index (Phi) is 3.89. The van der Waals surface area contributed by atoms with Crippen molar-refractivity contribution in [3.8, 4) is 11.5 Å². The molecule has 0 aliphatic rings. The molecule has 0 amide bonds. The molecule has 0 spiro atoms. The summed E-state index contributed by atoms with van der Waals surface area (Å²) in [4.78, 5) is 0. The van der Waals surface area contributed by atoms with Gasteiger partial charge in [0.1, 0.15) is 11.5 Å². The molecule has 0 unspecified atom stereocenters. The minimum Gasteiger partial charge on any atom is -0.508 e. The van der Waals surface area contributed by atoms with Gasteiger partial charge in [0, 0.05) is 5.41 Å². The summed E-state index contributed by atoms with van der Waals surface area (Å²) in [6, 6.07) is 29.5. The first-order chi connectivity index (χ1) is 12.6. The molecule has 0 fully saturated rings. The maximum atomic E-state index is 9.71. The Morgan fingerprint density at radius 3 is 1.54 bits per heavy atom. The summed E-state index contributed by atoms with van der Waals surface area (Å²) < 4.78 is 0. The van der Waals surface area contributed by atoms with Gasteiger partial charge in [-0.1, -0.05) is 60.7 Å². The van der Waals surface area contributed by atoms with Crippen LogP contribution in [-0.4, -0.2) is 10.2 Å². The third kappa shape index (κ3) is 2.70. The van der Waals surface area contributed by atoms with Crippen molar-refractivity contribution in [2.75, 3.05) is 0 Å². The summed E-state index contributed by atoms with van der Waals surface area (Å²) in [7, 11) is 0. The van der Waals surface area contributed by atoms with E-state index in [1.165, 1.54) is 10.8 Å². The molecule has 26 heavy (non-hydrogen) atoms. The molecule has 0 radical (unpaired) electrons. The molecule has 4 aromatic rings. The molecule has 0 saturated heterocycles. The first-order valence-corrected chi connectivity index (χ1v) is 8.66. The molecule has 0 aliphatic carbocycles. The lowest BCUT2D eigenvalue weighted by molar-refractivity contribution is 0.474. The molecule has 0 atom stereocenters. The van der Waals surface area contributed by atoms with E-state index in [4.69, 9.17) is 0 Å². The molecule has 2 N–H and O–H groups in total. The van der Waals surface area contributed by atoms with Gasteiger partial charge in [-0.05, 0) is 64.7 Å². The van der Waals surface area contributed by atoms with Crippen molar-refractivity contribution in [2.45, 2.75) is 12.3 Å². The Hall–Kier alpha value is -3.26. The predicted molar refractivity (Wildman–Crippen MR) is 106 cm³/mol. The van der Waals surface area contributed by atoms with Gasteiger partial charge in [0.05, 0.1) is 0 Å². The lowest BCUT2D eigenvalue weighted by atomic mass is 9.71. The highest BCUT2D eigenvalue weighted by atomic mass is 16.3. The van der Waals surface area contributed by atoms with Gasteiger partial charge in [0.15, 0.2) is 0 Å². The zero-order chi connectivity index (χ0) is 18.1. The van der Waals surface area contributed by atoms with Crippen LogP contribution >= 0.6 is 0 Å². The van der Waals surface area contributed by atoms with Crippen LogP contribution in [0.15, 0.2) is 91.0 Å². The van der Waals surface area contributed by atoms with E-state index >= 15 is 0 Å². The predicted octanol–water partition coefficient (Wildman–Crippen LogP) is 5.61. The van der Waals surface area contributed by atoms with E-state index in [-0.39, 0.29) is 11.5 Å². The molecule has 0 aliphatic heterocycles. The fourth-order valence-corrected chi connectivity index (χ4v) is 3.59. The Labute approximate surface area is 153 Å². The minimum atomic E-state index is -0.411. The second kappa shape index (κ2) is 6.23. The van der Waals surface area contributed by atoms with Crippen molar-refractivity contribution in [1.29, 1.82) is 0 Å². The van der Waals surface area contributed by atoms with E-state index in [0.29, 0.717) is 0 Å². The topological polar surface area (TPSA) is 40.5 Å². The molecule has 0 saturated carbocycles. The zero-order valence-corrected chi connectivity index (χ0v) is 14.6. The van der Waals surface area contributed by atoms with Crippen LogP contribution in [-0.2, 0) is 5.41 Å². The molecule has 2 heteroatoms. The van der Waals surface area contributed by atoms with E-state index in [1.807, 2.05) is 36.4 Å². The van der Waals surface area contributed by atoms with Crippen LogP contribution in [0, 0.1) is 0 Å². The van der Waals surface area contributed by atoms with Crippen LogP contribution in [0.3, 0.4) is 0 Å². The highest BCUT2D eigenvalue weighted by Gasteiger charge is 2.31. The lowest BCUT2D eigenvalue weighted by Gasteiger charge is -2.32. The van der Waals surface area contributed by atoms with Gasteiger partial charge < -0.3 is 10.2 Å². The maximum absolute atomic E-state index is 9.71. The molecule has 4 rings (SSSR count). The first-order valence-electron chi connectivity index (χ1n) is 8.66. The number of aromatic hydroxyl groups is 2. The molecule has 2 nitrogen and oxygen atoms in total. The average molecular weight is 340 g/mol. The fraction of sp³-hybridized carbons (Fsp3) is 0.0833. The van der Waals surface area contributed by atoms with Gasteiger partial charge >= 0.3 is 0 Å². The Balaban J connectivity index is 1.97. The molecular formula is C24H20O2. The molecule has 4 aromatic carbocycles. The minimum absolute atomic E-state index is 0.250. The van der Waals surface area contributed by atoms with Gasteiger partial charge in [-0.2, -0.15) is 0 Å². The molecular weight excluding hydrogens is 320 g/mol.